The summed E-state index contributed by atoms with van der Waals surface area (Å²) in [5.74, 6) is 0.321. The van der Waals surface area contributed by atoms with E-state index in [0.717, 1.165) is 11.9 Å². The molecule has 0 aliphatic heterocycles. The van der Waals surface area contributed by atoms with Crippen molar-refractivity contribution in [1.82, 2.24) is 4.98 Å². The number of sulfonamides is 1. The van der Waals surface area contributed by atoms with Crippen molar-refractivity contribution in [3.05, 3.63) is 18.3 Å². The molecule has 0 aliphatic carbocycles. The summed E-state index contributed by atoms with van der Waals surface area (Å²) in [6, 6.07) is 3.40. The van der Waals surface area contributed by atoms with Crippen molar-refractivity contribution in [2.75, 3.05) is 16.3 Å². The summed E-state index contributed by atoms with van der Waals surface area (Å²) in [4.78, 5) is 4.00. The third kappa shape index (κ3) is 4.97. The van der Waals surface area contributed by atoms with E-state index in [4.69, 9.17) is 0 Å². The van der Waals surface area contributed by atoms with Gasteiger partial charge in [-0.3, -0.25) is 4.72 Å². The predicted octanol–water partition coefficient (Wildman–Crippen LogP) is 1.66. The smallest absolute Gasteiger partial charge is 0.230 e. The third-order valence-electron chi connectivity index (χ3n) is 1.57. The van der Waals surface area contributed by atoms with Crippen LogP contribution in [-0.4, -0.2) is 25.2 Å². The molecule has 0 amide bonds. The van der Waals surface area contributed by atoms with Gasteiger partial charge in [0.15, 0.2) is 0 Å². The van der Waals surface area contributed by atoms with E-state index in [1.165, 1.54) is 0 Å². The first-order chi connectivity index (χ1) is 7.16. The molecule has 6 heteroatoms. The Kier molecular flexibility index (Phi) is 3.42. The van der Waals surface area contributed by atoms with Crippen LogP contribution in [0.1, 0.15) is 20.8 Å². The topological polar surface area (TPSA) is 71.1 Å². The van der Waals surface area contributed by atoms with E-state index in [9.17, 15) is 8.42 Å². The van der Waals surface area contributed by atoms with Crippen LogP contribution in [0.15, 0.2) is 18.3 Å². The summed E-state index contributed by atoms with van der Waals surface area (Å²) in [7, 11) is -3.26. The maximum absolute atomic E-state index is 10.9. The van der Waals surface area contributed by atoms with Gasteiger partial charge in [-0.1, -0.05) is 0 Å². The van der Waals surface area contributed by atoms with Crippen LogP contribution in [0.3, 0.4) is 0 Å². The Morgan fingerprint density at radius 2 is 1.88 bits per heavy atom. The number of hydrogen-bond acceptors (Lipinski definition) is 4. The third-order valence-corrected chi connectivity index (χ3v) is 2.15. The number of nitrogens with one attached hydrogen (secondary N) is 2. The van der Waals surface area contributed by atoms with Gasteiger partial charge in [-0.15, -0.1) is 0 Å². The van der Waals surface area contributed by atoms with Crippen LogP contribution in [0, 0.1) is 0 Å². The fourth-order valence-corrected chi connectivity index (χ4v) is 1.65. The van der Waals surface area contributed by atoms with Gasteiger partial charge in [-0.2, -0.15) is 0 Å². The molecule has 0 unspecified atom stereocenters. The van der Waals surface area contributed by atoms with Crippen molar-refractivity contribution < 1.29 is 8.42 Å². The van der Waals surface area contributed by atoms with Crippen molar-refractivity contribution in [1.29, 1.82) is 0 Å². The summed E-state index contributed by atoms with van der Waals surface area (Å²) >= 11 is 0. The largest absolute Gasteiger partial charge is 0.379 e. The van der Waals surface area contributed by atoms with Gasteiger partial charge >= 0.3 is 0 Å². The van der Waals surface area contributed by atoms with Crippen molar-refractivity contribution >= 4 is 21.5 Å². The molecule has 90 valence electrons. The lowest BCUT2D eigenvalue weighted by Crippen LogP contribution is -2.26. The fraction of sp³-hybridized carbons (Fsp3) is 0.500. The predicted molar refractivity (Wildman–Crippen MR) is 66.1 cm³/mol. The lowest BCUT2D eigenvalue weighted by atomic mass is 10.1. The van der Waals surface area contributed by atoms with Crippen LogP contribution >= 0.6 is 0 Å². The standard InChI is InChI=1S/C10H17N3O2S/c1-10(2,3)12-8-5-6-9(11-7-8)13-16(4,14)15/h5-7,12H,1-4H3,(H,11,13). The van der Waals surface area contributed by atoms with Gasteiger partial charge in [0.2, 0.25) is 10.0 Å². The highest BCUT2D eigenvalue weighted by Gasteiger charge is 2.09. The van der Waals surface area contributed by atoms with E-state index < -0.39 is 10.0 Å². The first-order valence-corrected chi connectivity index (χ1v) is 6.77. The average Bonchev–Trinajstić information content (AvgIpc) is 2.03. The maximum Gasteiger partial charge on any atom is 0.230 e. The minimum Gasteiger partial charge on any atom is -0.379 e. The molecule has 1 aromatic heterocycles. The van der Waals surface area contributed by atoms with Gasteiger partial charge in [0.1, 0.15) is 5.82 Å². The maximum atomic E-state index is 10.9. The molecule has 0 spiro atoms. The van der Waals surface area contributed by atoms with E-state index >= 15 is 0 Å². The molecule has 1 rings (SSSR count). The second-order valence-electron chi connectivity index (χ2n) is 4.68. The minimum absolute atomic E-state index is 0.0482. The molecular weight excluding hydrogens is 226 g/mol. The molecule has 1 heterocycles. The van der Waals surface area contributed by atoms with Gasteiger partial charge in [0.25, 0.3) is 0 Å². The molecule has 0 saturated carbocycles. The fourth-order valence-electron chi connectivity index (χ4n) is 1.15. The number of pyridine rings is 1. The number of nitrogens with zero attached hydrogens (tertiary/aromatic N) is 1. The molecule has 0 bridgehead atoms. The van der Waals surface area contributed by atoms with Gasteiger partial charge in [-0.05, 0) is 32.9 Å². The molecule has 0 fully saturated rings. The van der Waals surface area contributed by atoms with Gasteiger partial charge < -0.3 is 5.32 Å². The first-order valence-electron chi connectivity index (χ1n) is 4.88. The van der Waals surface area contributed by atoms with Crippen LogP contribution in [0.4, 0.5) is 11.5 Å². The lowest BCUT2D eigenvalue weighted by molar-refractivity contribution is 0.606. The van der Waals surface area contributed by atoms with E-state index in [2.05, 4.69) is 15.0 Å². The Balaban J connectivity index is 2.76. The molecule has 5 nitrogen and oxygen atoms in total. The number of aromatic nitrogens is 1. The minimum atomic E-state index is -3.26. The zero-order valence-electron chi connectivity index (χ0n) is 9.90. The summed E-state index contributed by atoms with van der Waals surface area (Å²) in [5.41, 5.74) is 0.805. The van der Waals surface area contributed by atoms with Crippen molar-refractivity contribution in [2.45, 2.75) is 26.3 Å². The van der Waals surface area contributed by atoms with Gasteiger partial charge in [-0.25, -0.2) is 13.4 Å². The zero-order valence-corrected chi connectivity index (χ0v) is 10.7. The highest BCUT2D eigenvalue weighted by molar-refractivity contribution is 7.92. The first kappa shape index (κ1) is 12.8. The Morgan fingerprint density at radius 1 is 1.25 bits per heavy atom. The van der Waals surface area contributed by atoms with Crippen LogP contribution in [0.25, 0.3) is 0 Å². The van der Waals surface area contributed by atoms with E-state index in [0.29, 0.717) is 5.82 Å². The Bertz CT molecular complexity index is 446. The van der Waals surface area contributed by atoms with E-state index in [1.807, 2.05) is 20.8 Å². The van der Waals surface area contributed by atoms with Crippen molar-refractivity contribution in [3.8, 4) is 0 Å². The van der Waals surface area contributed by atoms with Crippen molar-refractivity contribution in [2.24, 2.45) is 0 Å². The number of hydrogen-bond donors (Lipinski definition) is 2. The highest BCUT2D eigenvalue weighted by atomic mass is 32.2. The average molecular weight is 243 g/mol. The molecule has 0 saturated heterocycles. The Morgan fingerprint density at radius 3 is 2.25 bits per heavy atom. The Labute approximate surface area is 96.3 Å². The molecule has 0 radical (unpaired) electrons. The normalized spacial score (nSPS) is 12.2. The van der Waals surface area contributed by atoms with Crippen LogP contribution < -0.4 is 10.0 Å². The molecular formula is C10H17N3O2S. The van der Waals surface area contributed by atoms with Crippen LogP contribution in [-0.2, 0) is 10.0 Å². The monoisotopic (exact) mass is 243 g/mol. The highest BCUT2D eigenvalue weighted by Crippen LogP contribution is 2.15. The molecule has 0 aliphatic rings. The van der Waals surface area contributed by atoms with E-state index in [-0.39, 0.29) is 5.54 Å². The molecule has 0 aromatic carbocycles. The SMILES string of the molecule is CC(C)(C)Nc1ccc(NS(C)(=O)=O)nc1. The van der Waals surface area contributed by atoms with Gasteiger partial charge in [0, 0.05) is 5.54 Å². The quantitative estimate of drug-likeness (QED) is 0.847. The number of rotatable bonds is 3. The molecule has 2 N–H and O–H groups in total. The summed E-state index contributed by atoms with van der Waals surface area (Å²) in [6.45, 7) is 6.11. The summed E-state index contributed by atoms with van der Waals surface area (Å²) in [5, 5.41) is 3.23. The van der Waals surface area contributed by atoms with Crippen LogP contribution in [0.2, 0.25) is 0 Å². The van der Waals surface area contributed by atoms with Crippen LogP contribution in [0.5, 0.6) is 0 Å². The van der Waals surface area contributed by atoms with Gasteiger partial charge in [0.05, 0.1) is 18.1 Å². The lowest BCUT2D eigenvalue weighted by Gasteiger charge is -2.21. The van der Waals surface area contributed by atoms with Crippen molar-refractivity contribution in [3.63, 3.8) is 0 Å². The number of anilines is 2. The Hall–Kier alpha value is -1.30. The second-order valence-corrected chi connectivity index (χ2v) is 6.43. The zero-order chi connectivity index (χ0) is 12.4. The van der Waals surface area contributed by atoms with E-state index in [1.54, 1.807) is 18.3 Å². The molecule has 1 aromatic rings. The summed E-state index contributed by atoms with van der Waals surface area (Å²) < 4.78 is 24.2. The second kappa shape index (κ2) is 4.29. The molecule has 16 heavy (non-hydrogen) atoms. The molecule has 0 atom stereocenters. The summed E-state index contributed by atoms with van der Waals surface area (Å²) in [6.07, 6.45) is 2.69.